The molecule has 0 atom stereocenters. The maximum atomic E-state index is 12.5. The van der Waals surface area contributed by atoms with Crippen LogP contribution in [0.2, 0.25) is 0 Å². The monoisotopic (exact) mass is 412 g/mol. The predicted molar refractivity (Wildman–Crippen MR) is 119 cm³/mol. The third kappa shape index (κ3) is 4.00. The topological polar surface area (TPSA) is 69.7 Å². The van der Waals surface area contributed by atoms with Crippen LogP contribution in [0.4, 0.5) is 5.69 Å². The molecule has 6 nitrogen and oxygen atoms in total. The molecule has 0 aliphatic carbocycles. The summed E-state index contributed by atoms with van der Waals surface area (Å²) in [6.07, 6.45) is 0. The molecule has 0 fully saturated rings. The fourth-order valence-corrected chi connectivity index (χ4v) is 3.45. The molecule has 5 rings (SSSR count). The van der Waals surface area contributed by atoms with Crippen molar-refractivity contribution in [1.82, 2.24) is 4.98 Å². The van der Waals surface area contributed by atoms with Crippen molar-refractivity contribution < 1.29 is 19.0 Å². The molecule has 1 N–H and O–H groups in total. The number of aryl methyl sites for hydroxylation is 1. The van der Waals surface area contributed by atoms with Gasteiger partial charge in [0.05, 0.1) is 11.2 Å². The van der Waals surface area contributed by atoms with Crippen LogP contribution in [0.3, 0.4) is 0 Å². The standard InChI is InChI=1S/C25H20N2O4/c1-16-6-8-17(9-7-16)21-13-23(19-4-2-3-5-20(19)27-21)29-14-25(28)26-18-10-11-22-24(12-18)31-15-30-22/h2-13H,14-15H2,1H3,(H,26,28). The number of anilines is 1. The minimum absolute atomic E-state index is 0.129. The molecule has 31 heavy (non-hydrogen) atoms. The van der Waals surface area contributed by atoms with Gasteiger partial charge in [-0.15, -0.1) is 0 Å². The number of pyridine rings is 1. The molecule has 0 spiro atoms. The van der Waals surface area contributed by atoms with Gasteiger partial charge in [0.2, 0.25) is 6.79 Å². The van der Waals surface area contributed by atoms with Crippen LogP contribution in [-0.2, 0) is 4.79 Å². The van der Waals surface area contributed by atoms with Gasteiger partial charge in [-0.2, -0.15) is 0 Å². The number of benzene rings is 3. The number of aromatic nitrogens is 1. The van der Waals surface area contributed by atoms with Crippen LogP contribution in [0.15, 0.2) is 72.8 Å². The number of para-hydroxylation sites is 1. The van der Waals surface area contributed by atoms with E-state index in [0.717, 1.165) is 22.2 Å². The van der Waals surface area contributed by atoms with Crippen molar-refractivity contribution in [2.75, 3.05) is 18.7 Å². The van der Waals surface area contributed by atoms with E-state index in [9.17, 15) is 4.79 Å². The maximum absolute atomic E-state index is 12.5. The number of rotatable bonds is 5. The third-order valence-corrected chi connectivity index (χ3v) is 5.04. The Morgan fingerprint density at radius 2 is 1.81 bits per heavy atom. The van der Waals surface area contributed by atoms with Crippen LogP contribution in [0.25, 0.3) is 22.2 Å². The zero-order valence-corrected chi connectivity index (χ0v) is 16.9. The number of ether oxygens (including phenoxy) is 3. The summed E-state index contributed by atoms with van der Waals surface area (Å²) in [5.74, 6) is 1.63. The molecular formula is C25H20N2O4. The van der Waals surface area contributed by atoms with E-state index in [2.05, 4.69) is 5.32 Å². The summed E-state index contributed by atoms with van der Waals surface area (Å²) in [5.41, 5.74) is 4.40. The molecule has 3 aromatic carbocycles. The molecule has 1 amide bonds. The Kier molecular flexibility index (Phi) is 4.88. The maximum Gasteiger partial charge on any atom is 0.262 e. The van der Waals surface area contributed by atoms with E-state index in [1.807, 2.05) is 61.5 Å². The van der Waals surface area contributed by atoms with E-state index >= 15 is 0 Å². The first kappa shape index (κ1) is 18.9. The number of hydrogen-bond acceptors (Lipinski definition) is 5. The SMILES string of the molecule is Cc1ccc(-c2cc(OCC(=O)Nc3ccc4c(c3)OCO4)c3ccccc3n2)cc1. The van der Waals surface area contributed by atoms with E-state index in [-0.39, 0.29) is 19.3 Å². The van der Waals surface area contributed by atoms with E-state index in [4.69, 9.17) is 19.2 Å². The fourth-order valence-electron chi connectivity index (χ4n) is 3.45. The zero-order valence-electron chi connectivity index (χ0n) is 16.9. The first-order valence-corrected chi connectivity index (χ1v) is 9.95. The van der Waals surface area contributed by atoms with Gasteiger partial charge in [0.1, 0.15) is 5.75 Å². The normalized spacial score (nSPS) is 12.0. The highest BCUT2D eigenvalue weighted by molar-refractivity contribution is 5.93. The fraction of sp³-hybridized carbons (Fsp3) is 0.120. The van der Waals surface area contributed by atoms with Crippen LogP contribution in [0.5, 0.6) is 17.2 Å². The molecule has 2 heterocycles. The van der Waals surface area contributed by atoms with Gasteiger partial charge < -0.3 is 19.5 Å². The van der Waals surface area contributed by atoms with Crippen LogP contribution in [-0.4, -0.2) is 24.3 Å². The molecule has 0 bridgehead atoms. The van der Waals surface area contributed by atoms with Crippen molar-refractivity contribution in [2.45, 2.75) is 6.92 Å². The molecule has 0 saturated carbocycles. The lowest BCUT2D eigenvalue weighted by Crippen LogP contribution is -2.20. The molecule has 6 heteroatoms. The summed E-state index contributed by atoms with van der Waals surface area (Å²) in [6, 6.07) is 23.0. The largest absolute Gasteiger partial charge is 0.483 e. The first-order valence-electron chi connectivity index (χ1n) is 9.95. The summed E-state index contributed by atoms with van der Waals surface area (Å²) >= 11 is 0. The van der Waals surface area contributed by atoms with Crippen LogP contribution in [0, 0.1) is 6.92 Å². The number of nitrogens with zero attached hydrogens (tertiary/aromatic N) is 1. The van der Waals surface area contributed by atoms with Crippen LogP contribution >= 0.6 is 0 Å². The van der Waals surface area contributed by atoms with Crippen molar-refractivity contribution in [2.24, 2.45) is 0 Å². The van der Waals surface area contributed by atoms with Gasteiger partial charge in [-0.3, -0.25) is 4.79 Å². The Labute approximate surface area is 179 Å². The average Bonchev–Trinajstić information content (AvgIpc) is 3.26. The Balaban J connectivity index is 1.36. The quantitative estimate of drug-likeness (QED) is 0.502. The number of fused-ring (bicyclic) bond motifs is 2. The van der Waals surface area contributed by atoms with Gasteiger partial charge in [0.25, 0.3) is 5.91 Å². The Morgan fingerprint density at radius 1 is 1.00 bits per heavy atom. The Bertz CT molecular complexity index is 1270. The van der Waals surface area contributed by atoms with E-state index in [1.165, 1.54) is 5.56 Å². The van der Waals surface area contributed by atoms with Gasteiger partial charge in [-0.25, -0.2) is 4.98 Å². The summed E-state index contributed by atoms with van der Waals surface area (Å²) < 4.78 is 16.6. The molecule has 1 aliphatic rings. The van der Waals surface area contributed by atoms with Crippen molar-refractivity contribution in [3.8, 4) is 28.5 Å². The molecule has 0 saturated heterocycles. The molecule has 0 radical (unpaired) electrons. The summed E-state index contributed by atoms with van der Waals surface area (Å²) in [6.45, 7) is 2.11. The number of carbonyl (C=O) groups is 1. The average molecular weight is 412 g/mol. The van der Waals surface area contributed by atoms with Crippen molar-refractivity contribution in [1.29, 1.82) is 0 Å². The Hall–Kier alpha value is -4.06. The number of nitrogens with one attached hydrogen (secondary N) is 1. The highest BCUT2D eigenvalue weighted by Crippen LogP contribution is 2.34. The second kappa shape index (κ2) is 7.99. The Morgan fingerprint density at radius 3 is 2.68 bits per heavy atom. The lowest BCUT2D eigenvalue weighted by molar-refractivity contribution is -0.118. The number of carbonyl (C=O) groups excluding carboxylic acids is 1. The van der Waals surface area contributed by atoms with Crippen molar-refractivity contribution in [3.05, 3.63) is 78.4 Å². The van der Waals surface area contributed by atoms with Gasteiger partial charge in [-0.05, 0) is 31.2 Å². The summed E-state index contributed by atoms with van der Waals surface area (Å²) in [5, 5.41) is 3.68. The third-order valence-electron chi connectivity index (χ3n) is 5.04. The van der Waals surface area contributed by atoms with Gasteiger partial charge in [0.15, 0.2) is 18.1 Å². The number of amides is 1. The summed E-state index contributed by atoms with van der Waals surface area (Å²) in [4.78, 5) is 17.2. The van der Waals surface area contributed by atoms with E-state index in [1.54, 1.807) is 18.2 Å². The smallest absolute Gasteiger partial charge is 0.262 e. The summed E-state index contributed by atoms with van der Waals surface area (Å²) in [7, 11) is 0. The van der Waals surface area contributed by atoms with Crippen LogP contribution < -0.4 is 19.5 Å². The highest BCUT2D eigenvalue weighted by Gasteiger charge is 2.15. The second-order valence-electron chi connectivity index (χ2n) is 7.29. The molecule has 154 valence electrons. The highest BCUT2D eigenvalue weighted by atomic mass is 16.7. The molecule has 0 unspecified atom stereocenters. The minimum atomic E-state index is -0.267. The number of hydrogen-bond donors (Lipinski definition) is 1. The lowest BCUT2D eigenvalue weighted by Gasteiger charge is -2.12. The van der Waals surface area contributed by atoms with Gasteiger partial charge in [0, 0.05) is 28.8 Å². The molecule has 4 aromatic rings. The first-order chi connectivity index (χ1) is 15.2. The van der Waals surface area contributed by atoms with E-state index < -0.39 is 0 Å². The minimum Gasteiger partial charge on any atom is -0.483 e. The van der Waals surface area contributed by atoms with Crippen molar-refractivity contribution in [3.63, 3.8) is 0 Å². The van der Waals surface area contributed by atoms with Crippen molar-refractivity contribution >= 4 is 22.5 Å². The molecular weight excluding hydrogens is 392 g/mol. The molecule has 1 aliphatic heterocycles. The van der Waals surface area contributed by atoms with Gasteiger partial charge >= 0.3 is 0 Å². The zero-order chi connectivity index (χ0) is 21.2. The van der Waals surface area contributed by atoms with Crippen LogP contribution in [0.1, 0.15) is 5.56 Å². The van der Waals surface area contributed by atoms with Gasteiger partial charge in [-0.1, -0.05) is 42.0 Å². The lowest BCUT2D eigenvalue weighted by atomic mass is 10.1. The second-order valence-corrected chi connectivity index (χ2v) is 7.29. The molecule has 1 aromatic heterocycles. The predicted octanol–water partition coefficient (Wildman–Crippen LogP) is 4.96. The van der Waals surface area contributed by atoms with E-state index in [0.29, 0.717) is 22.9 Å².